The zero-order valence-corrected chi connectivity index (χ0v) is 13.0. The molecule has 5 heteroatoms. The molecule has 116 valence electrons. The van der Waals surface area contributed by atoms with Crippen molar-refractivity contribution in [1.29, 1.82) is 0 Å². The van der Waals surface area contributed by atoms with E-state index in [-0.39, 0.29) is 0 Å². The van der Waals surface area contributed by atoms with E-state index in [0.29, 0.717) is 5.92 Å². The summed E-state index contributed by atoms with van der Waals surface area (Å²) in [6, 6.07) is 2.14. The molecule has 1 aliphatic carbocycles. The first-order valence-corrected chi connectivity index (χ1v) is 8.42. The summed E-state index contributed by atoms with van der Waals surface area (Å²) in [7, 11) is 0. The number of hydrogen-bond donors (Lipinski definition) is 3. The number of hydrogen-bond acceptors (Lipinski definition) is 5. The molecule has 0 bridgehead atoms. The first kappa shape index (κ1) is 14.6. The maximum atomic E-state index is 4.61. The van der Waals surface area contributed by atoms with Gasteiger partial charge in [0.15, 0.2) is 0 Å². The van der Waals surface area contributed by atoms with Crippen molar-refractivity contribution in [3.63, 3.8) is 0 Å². The molecule has 3 N–H and O–H groups in total. The summed E-state index contributed by atoms with van der Waals surface area (Å²) in [5.74, 6) is 3.27. The minimum Gasteiger partial charge on any atom is -0.370 e. The van der Waals surface area contributed by atoms with Crippen LogP contribution in [0.4, 0.5) is 11.8 Å². The first-order chi connectivity index (χ1) is 10.3. The van der Waals surface area contributed by atoms with Crippen LogP contribution >= 0.6 is 0 Å². The van der Waals surface area contributed by atoms with Gasteiger partial charge in [-0.3, -0.25) is 0 Å². The average Bonchev–Trinajstić information content (AvgIpc) is 3.33. The van der Waals surface area contributed by atoms with Gasteiger partial charge in [0.1, 0.15) is 5.82 Å². The van der Waals surface area contributed by atoms with E-state index in [0.717, 1.165) is 30.8 Å². The second kappa shape index (κ2) is 7.07. The SMILES string of the molecule is CCNc1nc(NCCC2CCNCC2)cc(C2CC2)n1. The van der Waals surface area contributed by atoms with Crippen molar-refractivity contribution in [2.24, 2.45) is 5.92 Å². The Bertz CT molecular complexity index is 452. The molecule has 21 heavy (non-hydrogen) atoms. The quantitative estimate of drug-likeness (QED) is 0.720. The van der Waals surface area contributed by atoms with Crippen LogP contribution in [0.2, 0.25) is 0 Å². The number of rotatable bonds is 7. The first-order valence-electron chi connectivity index (χ1n) is 8.42. The Balaban J connectivity index is 1.55. The second-order valence-corrected chi connectivity index (χ2v) is 6.22. The highest BCUT2D eigenvalue weighted by Gasteiger charge is 2.26. The van der Waals surface area contributed by atoms with E-state index >= 15 is 0 Å². The molecule has 2 fully saturated rings. The zero-order chi connectivity index (χ0) is 14.5. The topological polar surface area (TPSA) is 61.9 Å². The summed E-state index contributed by atoms with van der Waals surface area (Å²) < 4.78 is 0. The molecule has 2 heterocycles. The normalized spacial score (nSPS) is 19.5. The van der Waals surface area contributed by atoms with Crippen molar-refractivity contribution in [1.82, 2.24) is 15.3 Å². The Labute approximate surface area is 127 Å². The Morgan fingerprint density at radius 2 is 1.95 bits per heavy atom. The molecular formula is C16H27N5. The van der Waals surface area contributed by atoms with Crippen molar-refractivity contribution in [3.8, 4) is 0 Å². The number of aromatic nitrogens is 2. The van der Waals surface area contributed by atoms with Gasteiger partial charge in [-0.15, -0.1) is 0 Å². The maximum absolute atomic E-state index is 4.61. The van der Waals surface area contributed by atoms with Crippen molar-refractivity contribution in [2.75, 3.05) is 36.8 Å². The monoisotopic (exact) mass is 289 g/mol. The molecule has 3 rings (SSSR count). The third-order valence-electron chi connectivity index (χ3n) is 4.39. The molecule has 0 spiro atoms. The number of anilines is 2. The molecule has 1 aliphatic heterocycles. The third kappa shape index (κ3) is 4.30. The molecule has 1 saturated heterocycles. The highest BCUT2D eigenvalue weighted by atomic mass is 15.1. The fraction of sp³-hybridized carbons (Fsp3) is 0.750. The van der Waals surface area contributed by atoms with Crippen LogP contribution in [0.25, 0.3) is 0 Å². The van der Waals surface area contributed by atoms with Crippen LogP contribution in [-0.4, -0.2) is 36.1 Å². The van der Waals surface area contributed by atoms with Crippen molar-refractivity contribution in [2.45, 2.75) is 44.9 Å². The van der Waals surface area contributed by atoms with E-state index in [1.807, 2.05) is 0 Å². The minimum absolute atomic E-state index is 0.662. The number of piperidine rings is 1. The Morgan fingerprint density at radius 3 is 2.67 bits per heavy atom. The van der Waals surface area contributed by atoms with E-state index in [1.165, 1.54) is 50.9 Å². The van der Waals surface area contributed by atoms with Crippen molar-refractivity contribution < 1.29 is 0 Å². The standard InChI is InChI=1S/C16H27N5/c1-2-18-16-20-14(13-3-4-13)11-15(21-16)19-10-7-12-5-8-17-9-6-12/h11-13,17H,2-10H2,1H3,(H2,18,19,20,21). The van der Waals surface area contributed by atoms with Crippen LogP contribution < -0.4 is 16.0 Å². The number of nitrogens with one attached hydrogen (secondary N) is 3. The van der Waals surface area contributed by atoms with Gasteiger partial charge in [-0.2, -0.15) is 4.98 Å². The van der Waals surface area contributed by atoms with Crippen molar-refractivity contribution >= 4 is 11.8 Å². The van der Waals surface area contributed by atoms with Gasteiger partial charge >= 0.3 is 0 Å². The lowest BCUT2D eigenvalue weighted by atomic mass is 9.95. The predicted octanol–water partition coefficient (Wildman–Crippen LogP) is 2.59. The lowest BCUT2D eigenvalue weighted by Crippen LogP contribution is -2.28. The fourth-order valence-corrected chi connectivity index (χ4v) is 2.96. The molecule has 0 radical (unpaired) electrons. The summed E-state index contributed by atoms with van der Waals surface area (Å²) in [6.45, 7) is 6.31. The Morgan fingerprint density at radius 1 is 1.14 bits per heavy atom. The van der Waals surface area contributed by atoms with Gasteiger partial charge in [0.05, 0.1) is 5.69 Å². The van der Waals surface area contributed by atoms with Gasteiger partial charge in [0.25, 0.3) is 0 Å². The molecule has 0 unspecified atom stereocenters. The molecule has 0 atom stereocenters. The van der Waals surface area contributed by atoms with Crippen LogP contribution in [0.15, 0.2) is 6.07 Å². The molecule has 1 saturated carbocycles. The van der Waals surface area contributed by atoms with Crippen LogP contribution in [0, 0.1) is 5.92 Å². The van der Waals surface area contributed by atoms with Gasteiger partial charge in [-0.05, 0) is 58.0 Å². The summed E-state index contributed by atoms with van der Waals surface area (Å²) >= 11 is 0. The van der Waals surface area contributed by atoms with Gasteiger partial charge in [0.2, 0.25) is 5.95 Å². The van der Waals surface area contributed by atoms with E-state index < -0.39 is 0 Å². The van der Waals surface area contributed by atoms with E-state index in [1.54, 1.807) is 0 Å². The third-order valence-corrected chi connectivity index (χ3v) is 4.39. The minimum atomic E-state index is 0.662. The molecule has 2 aliphatic rings. The summed E-state index contributed by atoms with van der Waals surface area (Å²) in [4.78, 5) is 9.18. The molecular weight excluding hydrogens is 262 g/mol. The summed E-state index contributed by atoms with van der Waals surface area (Å²) in [5.41, 5.74) is 1.20. The van der Waals surface area contributed by atoms with Gasteiger partial charge in [-0.25, -0.2) is 4.98 Å². The highest BCUT2D eigenvalue weighted by Crippen LogP contribution is 2.39. The largest absolute Gasteiger partial charge is 0.370 e. The Kier molecular flexibility index (Phi) is 4.91. The van der Waals surface area contributed by atoms with Crippen LogP contribution in [0.1, 0.15) is 50.6 Å². The summed E-state index contributed by atoms with van der Waals surface area (Å²) in [6.07, 6.45) is 6.40. The molecule has 5 nitrogen and oxygen atoms in total. The van der Waals surface area contributed by atoms with Crippen LogP contribution in [0.5, 0.6) is 0 Å². The van der Waals surface area contributed by atoms with E-state index in [9.17, 15) is 0 Å². The van der Waals surface area contributed by atoms with E-state index in [4.69, 9.17) is 0 Å². The smallest absolute Gasteiger partial charge is 0.224 e. The lowest BCUT2D eigenvalue weighted by Gasteiger charge is -2.22. The second-order valence-electron chi connectivity index (χ2n) is 6.22. The lowest BCUT2D eigenvalue weighted by molar-refractivity contribution is 0.361. The van der Waals surface area contributed by atoms with Gasteiger partial charge in [0, 0.05) is 25.1 Å². The molecule has 0 amide bonds. The van der Waals surface area contributed by atoms with Crippen LogP contribution in [-0.2, 0) is 0 Å². The molecule has 0 aromatic carbocycles. The van der Waals surface area contributed by atoms with Crippen LogP contribution in [0.3, 0.4) is 0 Å². The Hall–Kier alpha value is -1.36. The predicted molar refractivity (Wildman–Crippen MR) is 86.9 cm³/mol. The highest BCUT2D eigenvalue weighted by molar-refractivity contribution is 5.44. The maximum Gasteiger partial charge on any atom is 0.224 e. The average molecular weight is 289 g/mol. The zero-order valence-electron chi connectivity index (χ0n) is 13.0. The summed E-state index contributed by atoms with van der Waals surface area (Å²) in [5, 5.41) is 10.2. The van der Waals surface area contributed by atoms with Crippen molar-refractivity contribution in [3.05, 3.63) is 11.8 Å². The van der Waals surface area contributed by atoms with E-state index in [2.05, 4.69) is 38.9 Å². The fourth-order valence-electron chi connectivity index (χ4n) is 2.96. The number of nitrogens with zero attached hydrogens (tertiary/aromatic N) is 2. The van der Waals surface area contributed by atoms with Gasteiger partial charge in [-0.1, -0.05) is 0 Å². The molecule has 1 aromatic rings. The van der Waals surface area contributed by atoms with Gasteiger partial charge < -0.3 is 16.0 Å². The molecule has 1 aromatic heterocycles.